The largest absolute Gasteiger partial charge is 0.461 e. The second-order valence-electron chi connectivity index (χ2n) is 6.92. The Bertz CT molecular complexity index is 915. The molecule has 1 aliphatic rings. The van der Waals surface area contributed by atoms with E-state index < -0.39 is 5.97 Å². The van der Waals surface area contributed by atoms with Gasteiger partial charge >= 0.3 is 5.97 Å². The number of anilines is 1. The van der Waals surface area contributed by atoms with E-state index in [9.17, 15) is 9.59 Å². The third-order valence-electron chi connectivity index (χ3n) is 5.00. The molecule has 1 saturated heterocycles. The van der Waals surface area contributed by atoms with Gasteiger partial charge in [0, 0.05) is 25.1 Å². The molecule has 3 rings (SSSR count). The maximum atomic E-state index is 12.6. The summed E-state index contributed by atoms with van der Waals surface area (Å²) in [5, 5.41) is 4.05. The molecule has 164 valence electrons. The van der Waals surface area contributed by atoms with Crippen molar-refractivity contribution in [2.24, 2.45) is 0 Å². The average Bonchev–Trinajstić information content (AvgIpc) is 3.31. The monoisotopic (exact) mass is 455 g/mol. The summed E-state index contributed by atoms with van der Waals surface area (Å²) in [5.74, 6) is -0.526. The molecular formula is C19H26ClN5O4S. The van der Waals surface area contributed by atoms with Gasteiger partial charge in [0.05, 0.1) is 24.4 Å². The van der Waals surface area contributed by atoms with Gasteiger partial charge < -0.3 is 24.7 Å². The van der Waals surface area contributed by atoms with Crippen LogP contribution in [0.4, 0.5) is 5.13 Å². The van der Waals surface area contributed by atoms with Crippen molar-refractivity contribution >= 4 is 39.9 Å². The third-order valence-corrected chi connectivity index (χ3v) is 6.34. The Hall–Kier alpha value is -2.17. The number of aryl methyl sites for hydroxylation is 2. The first kappa shape index (κ1) is 22.5. The van der Waals surface area contributed by atoms with Gasteiger partial charge in [0.25, 0.3) is 5.91 Å². The topological polar surface area (TPSA) is 109 Å². The number of amides is 1. The fourth-order valence-electron chi connectivity index (χ4n) is 3.37. The molecule has 2 aromatic heterocycles. The molecule has 1 fully saturated rings. The van der Waals surface area contributed by atoms with E-state index in [1.54, 1.807) is 14.0 Å². The molecule has 0 aliphatic carbocycles. The number of imidazole rings is 1. The smallest absolute Gasteiger partial charge is 0.358 e. The Balaban J connectivity index is 1.67. The predicted molar refractivity (Wildman–Crippen MR) is 115 cm³/mol. The van der Waals surface area contributed by atoms with Gasteiger partial charge in [-0.25, -0.2) is 14.8 Å². The van der Waals surface area contributed by atoms with Crippen LogP contribution in [0.15, 0.2) is 0 Å². The highest BCUT2D eigenvalue weighted by Crippen LogP contribution is 2.29. The second-order valence-corrected chi connectivity index (χ2v) is 8.46. The highest BCUT2D eigenvalue weighted by atomic mass is 35.5. The van der Waals surface area contributed by atoms with E-state index in [0.29, 0.717) is 43.4 Å². The van der Waals surface area contributed by atoms with Crippen LogP contribution in [-0.2, 0) is 15.9 Å². The lowest BCUT2D eigenvalue weighted by Gasteiger charge is -2.37. The summed E-state index contributed by atoms with van der Waals surface area (Å²) in [6.07, 6.45) is 1.08. The van der Waals surface area contributed by atoms with Crippen LogP contribution in [-0.4, -0.2) is 65.8 Å². The van der Waals surface area contributed by atoms with Gasteiger partial charge in [-0.15, -0.1) is 11.3 Å². The lowest BCUT2D eigenvalue weighted by molar-refractivity contribution is 0.0516. The molecule has 11 heteroatoms. The number of thiazole rings is 1. The highest BCUT2D eigenvalue weighted by Gasteiger charge is 2.33. The standard InChI is InChI=1S/C19H26ClN5O4S/c1-5-11-15(20)24-16(21-11)17(26)22-12-7-8-25(9-13(12)28-4)19-23-14(10(3)30-19)18(27)29-6-2/h12-13H,5-9H2,1-4H3,(H,21,24)(H,22,26). The Labute approximate surface area is 184 Å². The Morgan fingerprint density at radius 3 is 2.77 bits per heavy atom. The first-order valence-electron chi connectivity index (χ1n) is 9.85. The highest BCUT2D eigenvalue weighted by molar-refractivity contribution is 7.15. The van der Waals surface area contributed by atoms with Gasteiger partial charge in [0.2, 0.25) is 0 Å². The van der Waals surface area contributed by atoms with Crippen LogP contribution >= 0.6 is 22.9 Å². The number of piperidine rings is 1. The lowest BCUT2D eigenvalue weighted by Crippen LogP contribution is -2.55. The molecule has 0 bridgehead atoms. The third kappa shape index (κ3) is 4.76. The molecule has 2 aromatic rings. The number of aromatic nitrogens is 3. The van der Waals surface area contributed by atoms with Gasteiger partial charge in [-0.3, -0.25) is 4.79 Å². The molecule has 1 amide bonds. The summed E-state index contributed by atoms with van der Waals surface area (Å²) < 4.78 is 10.7. The predicted octanol–water partition coefficient (Wildman–Crippen LogP) is 2.59. The molecule has 2 unspecified atom stereocenters. The van der Waals surface area contributed by atoms with Crippen LogP contribution in [0.3, 0.4) is 0 Å². The van der Waals surface area contributed by atoms with Crippen molar-refractivity contribution < 1.29 is 19.1 Å². The van der Waals surface area contributed by atoms with Crippen LogP contribution in [0.2, 0.25) is 5.15 Å². The molecular weight excluding hydrogens is 430 g/mol. The minimum atomic E-state index is -0.411. The molecule has 2 atom stereocenters. The molecule has 1 aliphatic heterocycles. The first-order valence-corrected chi connectivity index (χ1v) is 11.0. The molecule has 2 N–H and O–H groups in total. The van der Waals surface area contributed by atoms with E-state index in [0.717, 1.165) is 15.7 Å². The van der Waals surface area contributed by atoms with Gasteiger partial charge in [-0.2, -0.15) is 0 Å². The zero-order chi connectivity index (χ0) is 21.8. The lowest BCUT2D eigenvalue weighted by atomic mass is 10.0. The Morgan fingerprint density at radius 1 is 1.37 bits per heavy atom. The molecule has 3 heterocycles. The van der Waals surface area contributed by atoms with Crippen molar-refractivity contribution in [3.8, 4) is 0 Å². The Morgan fingerprint density at radius 2 is 2.13 bits per heavy atom. The SMILES string of the molecule is CCOC(=O)c1nc(N2CCC(NC(=O)c3nc(Cl)c(CC)[nH]3)C(OC)C2)sc1C. The van der Waals surface area contributed by atoms with Crippen molar-refractivity contribution in [3.05, 3.63) is 27.2 Å². The van der Waals surface area contributed by atoms with Crippen LogP contribution in [0.25, 0.3) is 0 Å². The van der Waals surface area contributed by atoms with Crippen LogP contribution in [0.1, 0.15) is 51.9 Å². The van der Waals surface area contributed by atoms with Crippen molar-refractivity contribution in [2.75, 3.05) is 31.7 Å². The fraction of sp³-hybridized carbons (Fsp3) is 0.579. The van der Waals surface area contributed by atoms with Crippen molar-refractivity contribution in [1.29, 1.82) is 0 Å². The zero-order valence-corrected chi connectivity index (χ0v) is 19.0. The van der Waals surface area contributed by atoms with E-state index >= 15 is 0 Å². The zero-order valence-electron chi connectivity index (χ0n) is 17.5. The number of carbonyl (C=O) groups is 2. The van der Waals surface area contributed by atoms with Crippen LogP contribution in [0.5, 0.6) is 0 Å². The van der Waals surface area contributed by atoms with Crippen molar-refractivity contribution in [3.63, 3.8) is 0 Å². The summed E-state index contributed by atoms with van der Waals surface area (Å²) >= 11 is 7.49. The number of nitrogens with one attached hydrogen (secondary N) is 2. The maximum absolute atomic E-state index is 12.6. The molecule has 9 nitrogen and oxygen atoms in total. The summed E-state index contributed by atoms with van der Waals surface area (Å²) in [4.78, 5) is 39.1. The van der Waals surface area contributed by atoms with Gasteiger partial charge in [-0.05, 0) is 26.7 Å². The first-order chi connectivity index (χ1) is 14.4. The van der Waals surface area contributed by atoms with Crippen molar-refractivity contribution in [1.82, 2.24) is 20.3 Å². The number of rotatable bonds is 7. The summed E-state index contributed by atoms with van der Waals surface area (Å²) in [6, 6.07) is -0.182. The van der Waals surface area contributed by atoms with Gasteiger partial charge in [0.1, 0.15) is 0 Å². The summed E-state index contributed by atoms with van der Waals surface area (Å²) in [6.45, 7) is 7.07. The number of ether oxygens (including phenoxy) is 2. The van der Waals surface area contributed by atoms with Gasteiger partial charge in [0.15, 0.2) is 21.8 Å². The van der Waals surface area contributed by atoms with E-state index in [1.165, 1.54) is 11.3 Å². The number of H-pyrrole nitrogens is 1. The molecule has 0 radical (unpaired) electrons. The fourth-order valence-corrected chi connectivity index (χ4v) is 4.56. The quantitative estimate of drug-likeness (QED) is 0.617. The van der Waals surface area contributed by atoms with E-state index in [4.69, 9.17) is 21.1 Å². The number of hydrogen-bond acceptors (Lipinski definition) is 8. The number of halogens is 1. The van der Waals surface area contributed by atoms with Crippen molar-refractivity contribution in [2.45, 2.75) is 45.8 Å². The molecule has 30 heavy (non-hydrogen) atoms. The maximum Gasteiger partial charge on any atom is 0.358 e. The molecule has 0 saturated carbocycles. The number of carbonyl (C=O) groups excluding carboxylic acids is 2. The Kier molecular flexibility index (Phi) is 7.32. The van der Waals surface area contributed by atoms with Gasteiger partial charge in [-0.1, -0.05) is 18.5 Å². The van der Waals surface area contributed by atoms with Crippen LogP contribution < -0.4 is 10.2 Å². The number of hydrogen-bond donors (Lipinski definition) is 2. The number of methoxy groups -OCH3 is 1. The number of aromatic amines is 1. The van der Waals surface area contributed by atoms with Crippen LogP contribution in [0, 0.1) is 6.92 Å². The second kappa shape index (κ2) is 9.76. The minimum Gasteiger partial charge on any atom is -0.461 e. The average molecular weight is 456 g/mol. The summed E-state index contributed by atoms with van der Waals surface area (Å²) in [5.41, 5.74) is 1.08. The summed E-state index contributed by atoms with van der Waals surface area (Å²) in [7, 11) is 1.61. The molecule has 0 spiro atoms. The number of nitrogens with zero attached hydrogens (tertiary/aromatic N) is 3. The minimum absolute atomic E-state index is 0.182. The molecule has 0 aromatic carbocycles. The van der Waals surface area contributed by atoms with E-state index in [2.05, 4.69) is 25.2 Å². The number of esters is 1. The van der Waals surface area contributed by atoms with E-state index in [-0.39, 0.29) is 23.9 Å². The normalized spacial score (nSPS) is 19.0. The van der Waals surface area contributed by atoms with E-state index in [1.807, 2.05) is 13.8 Å².